The number of anilines is 1. The number of halogens is 1. The number of thiazole rings is 1. The van der Waals surface area contributed by atoms with E-state index in [1.54, 1.807) is 13.1 Å². The molecule has 1 saturated heterocycles. The average molecular weight is 510 g/mol. The lowest BCUT2D eigenvalue weighted by Gasteiger charge is -2.25. The first-order valence-corrected chi connectivity index (χ1v) is 12.0. The Hall–Kier alpha value is -1.91. The molecule has 1 fully saturated rings. The Balaban J connectivity index is 1.54. The molecule has 2 aliphatic heterocycles. The second-order valence-electron chi connectivity index (χ2n) is 7.54. The van der Waals surface area contributed by atoms with Crippen LogP contribution in [0.5, 0.6) is 0 Å². The highest BCUT2D eigenvalue weighted by Gasteiger charge is 2.49. The van der Waals surface area contributed by atoms with E-state index in [0.29, 0.717) is 24.6 Å². The van der Waals surface area contributed by atoms with E-state index < -0.39 is 5.97 Å². The number of aliphatic carboxylic acids is 1. The summed E-state index contributed by atoms with van der Waals surface area (Å²) in [5.41, 5.74) is 1.75. The molecule has 1 aromatic heterocycles. The molecular formula is C20H20BrN3O4S2. The van der Waals surface area contributed by atoms with E-state index in [1.807, 2.05) is 21.9 Å². The van der Waals surface area contributed by atoms with Gasteiger partial charge in [0.25, 0.3) is 0 Å². The number of likely N-dealkylation sites (tertiary alicyclic amines) is 1. The summed E-state index contributed by atoms with van der Waals surface area (Å²) in [7, 11) is 0. The number of nitrogens with zero attached hydrogens (tertiary/aromatic N) is 3. The zero-order chi connectivity index (χ0) is 21.5. The maximum absolute atomic E-state index is 13.2. The van der Waals surface area contributed by atoms with Crippen LogP contribution in [0, 0.1) is 0 Å². The third-order valence-electron chi connectivity index (χ3n) is 5.55. The molecule has 3 heterocycles. The van der Waals surface area contributed by atoms with Crippen molar-refractivity contribution in [2.45, 2.75) is 29.4 Å². The fraction of sp³-hybridized carbons (Fsp3) is 0.400. The first-order chi connectivity index (χ1) is 14.3. The molecule has 2 amide bonds. The van der Waals surface area contributed by atoms with Crippen LogP contribution in [-0.2, 0) is 26.2 Å². The Kier molecular flexibility index (Phi) is 5.91. The Labute approximate surface area is 190 Å². The van der Waals surface area contributed by atoms with Crippen molar-refractivity contribution in [3.8, 4) is 0 Å². The Morgan fingerprint density at radius 1 is 1.33 bits per heavy atom. The van der Waals surface area contributed by atoms with E-state index in [2.05, 4.69) is 27.0 Å². The summed E-state index contributed by atoms with van der Waals surface area (Å²) in [5, 5.41) is 9.48. The molecule has 0 saturated carbocycles. The van der Waals surface area contributed by atoms with Crippen LogP contribution in [0.15, 0.2) is 33.1 Å². The summed E-state index contributed by atoms with van der Waals surface area (Å²) in [6, 6.07) is 5.95. The third-order valence-corrected chi connectivity index (χ3v) is 8.22. The van der Waals surface area contributed by atoms with Crippen LogP contribution in [0.2, 0.25) is 0 Å². The van der Waals surface area contributed by atoms with Crippen molar-refractivity contribution in [1.29, 1.82) is 0 Å². The molecule has 0 radical (unpaired) electrons. The summed E-state index contributed by atoms with van der Waals surface area (Å²) in [4.78, 5) is 43.8. The second kappa shape index (κ2) is 8.32. The Bertz CT molecular complexity index is 1030. The number of aromatic nitrogens is 1. The van der Waals surface area contributed by atoms with Crippen LogP contribution in [0.25, 0.3) is 0 Å². The number of carbonyl (C=O) groups excluding carboxylic acids is 2. The molecule has 7 nitrogen and oxygen atoms in total. The van der Waals surface area contributed by atoms with Gasteiger partial charge in [0.15, 0.2) is 0 Å². The molecule has 4 rings (SSSR count). The van der Waals surface area contributed by atoms with Gasteiger partial charge in [-0.1, -0.05) is 15.9 Å². The minimum Gasteiger partial charge on any atom is -0.481 e. The van der Waals surface area contributed by atoms with Gasteiger partial charge in [-0.25, -0.2) is 4.98 Å². The van der Waals surface area contributed by atoms with Crippen LogP contribution in [0.4, 0.5) is 5.69 Å². The first-order valence-electron chi connectivity index (χ1n) is 9.43. The molecule has 30 heavy (non-hydrogen) atoms. The van der Waals surface area contributed by atoms with Gasteiger partial charge in [-0.15, -0.1) is 23.1 Å². The molecule has 2 aliphatic rings. The summed E-state index contributed by atoms with van der Waals surface area (Å²) in [5.74, 6) is -0.894. The van der Waals surface area contributed by atoms with E-state index in [1.165, 1.54) is 23.1 Å². The number of hydrogen-bond acceptors (Lipinski definition) is 6. The maximum atomic E-state index is 13.2. The van der Waals surface area contributed by atoms with Gasteiger partial charge < -0.3 is 14.9 Å². The quantitative estimate of drug-likeness (QED) is 0.622. The molecule has 1 atom stereocenters. The fourth-order valence-electron chi connectivity index (χ4n) is 4.15. The fourth-order valence-corrected chi connectivity index (χ4v) is 6.25. The van der Waals surface area contributed by atoms with Crippen molar-refractivity contribution in [3.05, 3.63) is 39.4 Å². The molecule has 0 unspecified atom stereocenters. The number of amides is 2. The van der Waals surface area contributed by atoms with E-state index in [9.17, 15) is 14.4 Å². The van der Waals surface area contributed by atoms with Crippen LogP contribution in [0.3, 0.4) is 0 Å². The third kappa shape index (κ3) is 4.13. The molecule has 0 aliphatic carbocycles. The molecule has 10 heteroatoms. The van der Waals surface area contributed by atoms with Crippen LogP contribution in [0.1, 0.15) is 23.9 Å². The lowest BCUT2D eigenvalue weighted by Crippen LogP contribution is -2.40. The molecule has 0 bridgehead atoms. The van der Waals surface area contributed by atoms with Crippen molar-refractivity contribution in [3.63, 3.8) is 0 Å². The molecule has 1 aromatic carbocycles. The highest BCUT2D eigenvalue weighted by Crippen LogP contribution is 2.47. The highest BCUT2D eigenvalue weighted by atomic mass is 79.9. The van der Waals surface area contributed by atoms with Gasteiger partial charge in [0.05, 0.1) is 22.6 Å². The number of fused-ring (bicyclic) bond motifs is 2. The lowest BCUT2D eigenvalue weighted by atomic mass is 9.81. The van der Waals surface area contributed by atoms with Gasteiger partial charge in [-0.05, 0) is 30.2 Å². The topological polar surface area (TPSA) is 90.8 Å². The zero-order valence-corrected chi connectivity index (χ0v) is 19.5. The molecule has 1 spiro atoms. The monoisotopic (exact) mass is 509 g/mol. The van der Waals surface area contributed by atoms with Crippen molar-refractivity contribution < 1.29 is 19.5 Å². The number of benzene rings is 1. The Morgan fingerprint density at radius 2 is 2.13 bits per heavy atom. The standard InChI is InChI=1S/C20H20BrN3O4S2/c1-12(25)23-5-4-20(10-23)11-24(15-3-2-13(21)6-14(15)20)17(26)7-16-22-8-19(30-16)29-9-18(27)28/h2-3,6,8H,4-5,7,9-11H2,1H3,(H,27,28)/t20-/m0/s1. The van der Waals surface area contributed by atoms with Crippen molar-refractivity contribution in [2.75, 3.05) is 30.3 Å². The van der Waals surface area contributed by atoms with E-state index >= 15 is 0 Å². The number of hydrogen-bond donors (Lipinski definition) is 1. The largest absolute Gasteiger partial charge is 0.481 e. The molecule has 1 N–H and O–H groups in total. The number of carboxylic acids is 1. The van der Waals surface area contributed by atoms with E-state index in [0.717, 1.165) is 26.4 Å². The molecule has 2 aromatic rings. The van der Waals surface area contributed by atoms with Crippen molar-refractivity contribution in [2.24, 2.45) is 0 Å². The predicted octanol–water partition coefficient (Wildman–Crippen LogP) is 3.16. The minimum atomic E-state index is -0.882. The zero-order valence-electron chi connectivity index (χ0n) is 16.3. The van der Waals surface area contributed by atoms with Gasteiger partial charge >= 0.3 is 5.97 Å². The average Bonchev–Trinajstić information content (AvgIpc) is 3.39. The van der Waals surface area contributed by atoms with E-state index in [-0.39, 0.29) is 29.4 Å². The second-order valence-corrected chi connectivity index (χ2v) is 10.9. The summed E-state index contributed by atoms with van der Waals surface area (Å²) < 4.78 is 1.74. The summed E-state index contributed by atoms with van der Waals surface area (Å²) >= 11 is 6.10. The van der Waals surface area contributed by atoms with Gasteiger partial charge in [-0.2, -0.15) is 0 Å². The van der Waals surface area contributed by atoms with E-state index in [4.69, 9.17) is 5.11 Å². The normalized spacial score (nSPS) is 20.1. The van der Waals surface area contributed by atoms with Gasteiger partial charge in [-0.3, -0.25) is 14.4 Å². The number of carbonyl (C=O) groups is 3. The van der Waals surface area contributed by atoms with Crippen LogP contribution < -0.4 is 4.90 Å². The highest BCUT2D eigenvalue weighted by molar-refractivity contribution is 9.10. The maximum Gasteiger partial charge on any atom is 0.313 e. The van der Waals surface area contributed by atoms with Gasteiger partial charge in [0, 0.05) is 42.1 Å². The number of rotatable bonds is 5. The number of thioether (sulfide) groups is 1. The SMILES string of the molecule is CC(=O)N1CC[C@]2(C1)CN(C(=O)Cc1ncc(SCC(=O)O)s1)c1ccc(Br)cc12. The summed E-state index contributed by atoms with van der Waals surface area (Å²) in [6.07, 6.45) is 2.62. The first kappa shape index (κ1) is 21.3. The van der Waals surface area contributed by atoms with Crippen LogP contribution >= 0.6 is 39.0 Å². The number of carboxylic acid groups (broad SMARTS) is 1. The van der Waals surface area contributed by atoms with Crippen LogP contribution in [-0.4, -0.2) is 58.2 Å². The lowest BCUT2D eigenvalue weighted by molar-refractivity contribution is -0.134. The van der Waals surface area contributed by atoms with Gasteiger partial charge in [0.2, 0.25) is 11.8 Å². The van der Waals surface area contributed by atoms with Gasteiger partial charge in [0.1, 0.15) is 5.01 Å². The molecular weight excluding hydrogens is 490 g/mol. The Morgan fingerprint density at radius 3 is 2.83 bits per heavy atom. The molecule has 158 valence electrons. The van der Waals surface area contributed by atoms with Crippen molar-refractivity contribution in [1.82, 2.24) is 9.88 Å². The minimum absolute atomic E-state index is 0.0286. The predicted molar refractivity (Wildman–Crippen MR) is 119 cm³/mol. The smallest absolute Gasteiger partial charge is 0.313 e. The summed E-state index contributed by atoms with van der Waals surface area (Å²) in [6.45, 7) is 3.44. The van der Waals surface area contributed by atoms with Crippen molar-refractivity contribution >= 4 is 62.5 Å².